The normalized spacial score (nSPS) is 12.1. The molecule has 0 spiro atoms. The van der Waals surface area contributed by atoms with Gasteiger partial charge < -0.3 is 5.11 Å². The van der Waals surface area contributed by atoms with Crippen LogP contribution < -0.4 is 0 Å². The Labute approximate surface area is 129 Å². The fraction of sp³-hybridized carbons (Fsp3) is 0.417. The smallest absolute Gasteiger partial charge is 0.304 e. The zero-order valence-electron chi connectivity index (χ0n) is 11.3. The Kier molecular flexibility index (Phi) is 5.83. The predicted molar refractivity (Wildman–Crippen MR) is 75.3 cm³/mol. The van der Waals surface area contributed by atoms with E-state index in [1.54, 1.807) is 0 Å². The first kappa shape index (κ1) is 18.0. The summed E-state index contributed by atoms with van der Waals surface area (Å²) in [6, 6.07) is 0.727. The van der Waals surface area contributed by atoms with Crippen LogP contribution in [-0.2, 0) is 14.8 Å². The van der Waals surface area contributed by atoms with E-state index in [2.05, 4.69) is 15.9 Å². The second-order valence-corrected chi connectivity index (χ2v) is 7.23. The van der Waals surface area contributed by atoms with Gasteiger partial charge in [0.1, 0.15) is 16.5 Å². The zero-order valence-corrected chi connectivity index (χ0v) is 13.7. The Bertz CT molecular complexity index is 626. The zero-order chi connectivity index (χ0) is 16.4. The third-order valence-corrected chi connectivity index (χ3v) is 5.69. The van der Waals surface area contributed by atoms with Crippen molar-refractivity contribution in [1.82, 2.24) is 4.31 Å². The van der Waals surface area contributed by atoms with E-state index in [0.29, 0.717) is 6.07 Å². The van der Waals surface area contributed by atoms with E-state index in [-0.39, 0.29) is 11.0 Å². The molecule has 1 aromatic carbocycles. The fourth-order valence-electron chi connectivity index (χ4n) is 1.75. The van der Waals surface area contributed by atoms with Crippen LogP contribution in [-0.4, -0.2) is 36.4 Å². The maximum absolute atomic E-state index is 13.8. The van der Waals surface area contributed by atoms with Crippen molar-refractivity contribution >= 4 is 31.9 Å². The standard InChI is InChI=1S/C12H14BrF2NO4S/c1-7(2)16(4-3-11(17)18)21(19,20)12-9(13)5-8(14)6-10(12)15/h5-7H,3-4H2,1-2H3,(H,17,18). The van der Waals surface area contributed by atoms with Crippen molar-refractivity contribution in [2.75, 3.05) is 6.54 Å². The van der Waals surface area contributed by atoms with Gasteiger partial charge >= 0.3 is 5.97 Å². The minimum absolute atomic E-state index is 0.249. The van der Waals surface area contributed by atoms with Gasteiger partial charge in [-0.1, -0.05) is 0 Å². The summed E-state index contributed by atoms with van der Waals surface area (Å²) in [7, 11) is -4.29. The summed E-state index contributed by atoms with van der Waals surface area (Å²) < 4.78 is 52.5. The van der Waals surface area contributed by atoms with E-state index in [0.717, 1.165) is 10.4 Å². The van der Waals surface area contributed by atoms with Crippen molar-refractivity contribution in [2.45, 2.75) is 31.2 Å². The van der Waals surface area contributed by atoms with Crippen LogP contribution in [0.2, 0.25) is 0 Å². The number of benzene rings is 1. The molecule has 0 aliphatic carbocycles. The number of carboxylic acids is 1. The summed E-state index contributed by atoms with van der Waals surface area (Å²) >= 11 is 2.83. The molecular weight excluding hydrogens is 372 g/mol. The molecular formula is C12H14BrF2NO4S. The van der Waals surface area contributed by atoms with Crippen molar-refractivity contribution in [2.24, 2.45) is 0 Å². The fourth-order valence-corrected chi connectivity index (χ4v) is 4.51. The van der Waals surface area contributed by atoms with Crippen LogP contribution in [0.3, 0.4) is 0 Å². The molecule has 21 heavy (non-hydrogen) atoms. The molecule has 1 N–H and O–H groups in total. The first-order valence-corrected chi connectivity index (χ1v) is 8.19. The van der Waals surface area contributed by atoms with E-state index in [1.807, 2.05) is 0 Å². The number of rotatable bonds is 6. The molecule has 118 valence electrons. The van der Waals surface area contributed by atoms with Crippen molar-refractivity contribution in [1.29, 1.82) is 0 Å². The monoisotopic (exact) mass is 385 g/mol. The molecule has 0 unspecified atom stereocenters. The van der Waals surface area contributed by atoms with Gasteiger partial charge in [-0.15, -0.1) is 0 Å². The second kappa shape index (κ2) is 6.80. The van der Waals surface area contributed by atoms with Gasteiger partial charge in [0, 0.05) is 23.1 Å². The van der Waals surface area contributed by atoms with Gasteiger partial charge in [-0.2, -0.15) is 4.31 Å². The molecule has 1 rings (SSSR count). The summed E-state index contributed by atoms with van der Waals surface area (Å²) in [6.45, 7) is 2.77. The topological polar surface area (TPSA) is 74.7 Å². The Morgan fingerprint density at radius 1 is 1.38 bits per heavy atom. The molecule has 9 heteroatoms. The van der Waals surface area contributed by atoms with Crippen molar-refractivity contribution in [3.05, 3.63) is 28.2 Å². The highest BCUT2D eigenvalue weighted by Crippen LogP contribution is 2.30. The van der Waals surface area contributed by atoms with Crippen LogP contribution in [0.4, 0.5) is 8.78 Å². The van der Waals surface area contributed by atoms with Crippen molar-refractivity contribution in [3.8, 4) is 0 Å². The summed E-state index contributed by atoms with van der Waals surface area (Å²) in [5, 5.41) is 8.67. The second-order valence-electron chi connectivity index (χ2n) is 4.55. The molecule has 5 nitrogen and oxygen atoms in total. The summed E-state index contributed by atoms with van der Waals surface area (Å²) in [5.41, 5.74) is 0. The minimum atomic E-state index is -4.29. The van der Waals surface area contributed by atoms with Gasteiger partial charge in [0.2, 0.25) is 10.0 Å². The van der Waals surface area contributed by atoms with Crippen LogP contribution in [0.5, 0.6) is 0 Å². The highest BCUT2D eigenvalue weighted by atomic mass is 79.9. The molecule has 0 saturated heterocycles. The number of halogens is 3. The number of carboxylic acid groups (broad SMARTS) is 1. The quantitative estimate of drug-likeness (QED) is 0.816. The Balaban J connectivity index is 3.33. The van der Waals surface area contributed by atoms with Gasteiger partial charge in [0.15, 0.2) is 0 Å². The Hall–Kier alpha value is -1.06. The molecule has 1 aromatic rings. The van der Waals surface area contributed by atoms with E-state index < -0.39 is 45.0 Å². The van der Waals surface area contributed by atoms with Crippen molar-refractivity contribution in [3.63, 3.8) is 0 Å². The first-order chi connectivity index (χ1) is 9.57. The average molecular weight is 386 g/mol. The molecule has 0 atom stereocenters. The minimum Gasteiger partial charge on any atom is -0.481 e. The third kappa shape index (κ3) is 4.21. The summed E-state index contributed by atoms with van der Waals surface area (Å²) in [6.07, 6.45) is -0.419. The van der Waals surface area contributed by atoms with Gasteiger partial charge in [0.05, 0.1) is 6.42 Å². The lowest BCUT2D eigenvalue weighted by Crippen LogP contribution is -2.39. The average Bonchev–Trinajstić information content (AvgIpc) is 2.25. The number of sulfonamides is 1. The predicted octanol–water partition coefficient (Wildman–Crippen LogP) is 2.60. The highest BCUT2D eigenvalue weighted by Gasteiger charge is 2.32. The van der Waals surface area contributed by atoms with E-state index in [1.165, 1.54) is 13.8 Å². The molecule has 0 fully saturated rings. The van der Waals surface area contributed by atoms with Crippen LogP contribution in [0, 0.1) is 11.6 Å². The Morgan fingerprint density at radius 3 is 2.38 bits per heavy atom. The Morgan fingerprint density at radius 2 is 1.95 bits per heavy atom. The summed E-state index contributed by atoms with van der Waals surface area (Å²) in [5.74, 6) is -3.32. The lowest BCUT2D eigenvalue weighted by molar-refractivity contribution is -0.137. The largest absolute Gasteiger partial charge is 0.481 e. The van der Waals surface area contributed by atoms with E-state index in [4.69, 9.17) is 5.11 Å². The van der Waals surface area contributed by atoms with Crippen LogP contribution in [0.15, 0.2) is 21.5 Å². The highest BCUT2D eigenvalue weighted by molar-refractivity contribution is 9.10. The van der Waals surface area contributed by atoms with Crippen LogP contribution >= 0.6 is 15.9 Å². The molecule has 0 bridgehead atoms. The SMILES string of the molecule is CC(C)N(CCC(=O)O)S(=O)(=O)c1c(F)cc(F)cc1Br. The molecule has 0 aliphatic heterocycles. The number of hydrogen-bond donors (Lipinski definition) is 1. The number of nitrogens with zero attached hydrogens (tertiary/aromatic N) is 1. The molecule has 0 amide bonds. The summed E-state index contributed by atoms with van der Waals surface area (Å²) in [4.78, 5) is 9.91. The van der Waals surface area contributed by atoms with E-state index >= 15 is 0 Å². The molecule has 0 aromatic heterocycles. The first-order valence-electron chi connectivity index (χ1n) is 5.95. The molecule has 0 saturated carbocycles. The van der Waals surface area contributed by atoms with Gasteiger partial charge in [-0.25, -0.2) is 17.2 Å². The number of hydrogen-bond acceptors (Lipinski definition) is 3. The lowest BCUT2D eigenvalue weighted by Gasteiger charge is -2.26. The number of carbonyl (C=O) groups is 1. The van der Waals surface area contributed by atoms with E-state index in [9.17, 15) is 22.0 Å². The molecule has 0 radical (unpaired) electrons. The van der Waals surface area contributed by atoms with Crippen molar-refractivity contribution < 1.29 is 27.1 Å². The molecule has 0 aliphatic rings. The number of aliphatic carboxylic acids is 1. The van der Waals surface area contributed by atoms with Gasteiger partial charge in [-0.05, 0) is 35.8 Å². The van der Waals surface area contributed by atoms with Crippen LogP contribution in [0.25, 0.3) is 0 Å². The van der Waals surface area contributed by atoms with Crippen LogP contribution in [0.1, 0.15) is 20.3 Å². The maximum atomic E-state index is 13.8. The van der Waals surface area contributed by atoms with Gasteiger partial charge in [-0.3, -0.25) is 4.79 Å². The third-order valence-electron chi connectivity index (χ3n) is 2.65. The van der Waals surface area contributed by atoms with Gasteiger partial charge in [0.25, 0.3) is 0 Å². The maximum Gasteiger partial charge on any atom is 0.304 e. The molecule has 0 heterocycles. The lowest BCUT2D eigenvalue weighted by atomic mass is 10.3.